The van der Waals surface area contributed by atoms with E-state index in [-0.39, 0.29) is 0 Å². The van der Waals surface area contributed by atoms with Crippen molar-refractivity contribution in [1.82, 2.24) is 24.9 Å². The number of rotatable bonds is 4. The molecule has 4 saturated heterocycles. The van der Waals surface area contributed by atoms with Crippen LogP contribution in [0.2, 0.25) is 0 Å². The molecule has 6 nitrogen and oxygen atoms in total. The molecule has 0 spiro atoms. The van der Waals surface area contributed by atoms with Gasteiger partial charge in [-0.05, 0) is 107 Å². The van der Waals surface area contributed by atoms with Crippen molar-refractivity contribution in [2.24, 2.45) is 0 Å². The van der Waals surface area contributed by atoms with Crippen molar-refractivity contribution in [3.63, 3.8) is 0 Å². The van der Waals surface area contributed by atoms with Gasteiger partial charge in [0.1, 0.15) is 0 Å². The van der Waals surface area contributed by atoms with Gasteiger partial charge in [0.05, 0.1) is 13.2 Å². The maximum absolute atomic E-state index is 5.21. The molecule has 4 heterocycles. The van der Waals surface area contributed by atoms with Crippen LogP contribution >= 0.6 is 0 Å². The lowest BCUT2D eigenvalue weighted by molar-refractivity contribution is 0.0238. The van der Waals surface area contributed by atoms with E-state index in [1.807, 2.05) is 55.4 Å². The summed E-state index contributed by atoms with van der Waals surface area (Å²) in [6.07, 6.45) is 7.11. The Bertz CT molecular complexity index is 411. The molecule has 0 saturated carbocycles. The second kappa shape index (κ2) is 37.9. The van der Waals surface area contributed by atoms with E-state index in [4.69, 9.17) is 4.74 Å². The van der Waals surface area contributed by atoms with Crippen molar-refractivity contribution >= 4 is 0 Å². The molecule has 0 bridgehead atoms. The molecule has 0 amide bonds. The number of piperazine rings is 1. The van der Waals surface area contributed by atoms with E-state index in [1.165, 1.54) is 71.4 Å². The fourth-order valence-corrected chi connectivity index (χ4v) is 4.99. The van der Waals surface area contributed by atoms with Gasteiger partial charge >= 0.3 is 0 Å². The van der Waals surface area contributed by atoms with Crippen LogP contribution in [0.15, 0.2) is 0 Å². The van der Waals surface area contributed by atoms with Crippen molar-refractivity contribution in [3.05, 3.63) is 0 Å². The third-order valence-corrected chi connectivity index (χ3v) is 7.65. The van der Waals surface area contributed by atoms with Crippen LogP contribution in [-0.2, 0) is 4.74 Å². The van der Waals surface area contributed by atoms with Gasteiger partial charge < -0.3 is 19.9 Å². The molecule has 0 aromatic heterocycles. The number of piperidine rings is 1. The van der Waals surface area contributed by atoms with E-state index in [0.717, 1.165) is 57.5 Å². The number of ether oxygens (including phenoxy) is 1. The second-order valence-corrected chi connectivity index (χ2v) is 11.6. The molecule has 4 aliphatic heterocycles. The topological polar surface area (TPSA) is 34.2 Å². The average Bonchev–Trinajstić information content (AvgIpc) is 3.63. The fourth-order valence-electron chi connectivity index (χ4n) is 4.99. The highest BCUT2D eigenvalue weighted by molar-refractivity contribution is 4.70. The highest BCUT2D eigenvalue weighted by Crippen LogP contribution is 2.11. The lowest BCUT2D eigenvalue weighted by Crippen LogP contribution is -2.46. The van der Waals surface area contributed by atoms with Crippen molar-refractivity contribution < 1.29 is 4.74 Å². The Balaban J connectivity index is -0.000000218. The molecule has 6 heteroatoms. The Morgan fingerprint density at radius 3 is 0.860 bits per heavy atom. The summed E-state index contributed by atoms with van der Waals surface area (Å²) in [4.78, 5) is 10.0. The average molecular weight is 618 g/mol. The Kier molecular flexibility index (Phi) is 43.8. The van der Waals surface area contributed by atoms with E-state index in [1.54, 1.807) is 0 Å². The van der Waals surface area contributed by atoms with E-state index < -0.39 is 0 Å². The van der Waals surface area contributed by atoms with Gasteiger partial charge in [-0.1, -0.05) is 61.8 Å². The highest BCUT2D eigenvalue weighted by Gasteiger charge is 2.14. The molecule has 4 rings (SSSR count). The fraction of sp³-hybridized carbons (Fsp3) is 1.00. The first-order chi connectivity index (χ1) is 20.7. The van der Waals surface area contributed by atoms with Crippen LogP contribution in [-0.4, -0.2) is 122 Å². The first kappa shape index (κ1) is 49.6. The Morgan fingerprint density at radius 1 is 0.372 bits per heavy atom. The standard InChI is InChI=1S/C8H17N.C7H16N2.C7H15NO.C7H15N.4C2H6/c1-8(2)9-6-4-3-5-7-9;1-7(2)9-5-3-8-4-6-9;1-7(2)8-3-5-9-6-4-8;1-7(2)8-5-3-4-6-8;4*1-2/h8H,3-7H2,1-2H3;7-8H,3-6H2,1-2H3;7H,3-6H2,1-2H3;7H,3-6H2,1-2H3;4*1-2H3. The van der Waals surface area contributed by atoms with Gasteiger partial charge in [-0.25, -0.2) is 0 Å². The van der Waals surface area contributed by atoms with Crippen molar-refractivity contribution in [2.45, 2.75) is 167 Å². The van der Waals surface area contributed by atoms with E-state index in [0.29, 0.717) is 6.04 Å². The molecule has 43 heavy (non-hydrogen) atoms. The SMILES string of the molecule is CC.CC.CC.CC.CC(C)N1CCCC1.CC(C)N1CCCCC1.CC(C)N1CCNCC1.CC(C)N1CCOCC1. The number of morpholine rings is 1. The zero-order valence-corrected chi connectivity index (χ0v) is 33.0. The lowest BCUT2D eigenvalue weighted by atomic mass is 10.1. The minimum Gasteiger partial charge on any atom is -0.379 e. The third kappa shape index (κ3) is 30.2. The van der Waals surface area contributed by atoms with Crippen LogP contribution in [0.5, 0.6) is 0 Å². The third-order valence-electron chi connectivity index (χ3n) is 7.65. The summed E-state index contributed by atoms with van der Waals surface area (Å²) < 4.78 is 5.21. The predicted octanol–water partition coefficient (Wildman–Crippen LogP) is 8.50. The molecule has 0 aromatic carbocycles. The summed E-state index contributed by atoms with van der Waals surface area (Å²) in [5, 5.41) is 3.33. The smallest absolute Gasteiger partial charge is 0.0594 e. The maximum Gasteiger partial charge on any atom is 0.0594 e. The van der Waals surface area contributed by atoms with Crippen LogP contribution in [0.4, 0.5) is 0 Å². The lowest BCUT2D eigenvalue weighted by Gasteiger charge is -2.30. The number of nitrogens with zero attached hydrogens (tertiary/aromatic N) is 4. The van der Waals surface area contributed by atoms with E-state index >= 15 is 0 Å². The Morgan fingerprint density at radius 2 is 0.628 bits per heavy atom. The molecule has 0 unspecified atom stereocenters. The molecule has 4 aliphatic rings. The molecule has 0 aliphatic carbocycles. The van der Waals surface area contributed by atoms with Crippen molar-refractivity contribution in [3.8, 4) is 0 Å². The number of likely N-dealkylation sites (tertiary alicyclic amines) is 2. The Hall–Kier alpha value is -0.240. The normalized spacial score (nSPS) is 19.3. The zero-order chi connectivity index (χ0) is 34.1. The molecule has 0 aromatic rings. The van der Waals surface area contributed by atoms with Gasteiger partial charge in [0.25, 0.3) is 0 Å². The van der Waals surface area contributed by atoms with Crippen molar-refractivity contribution in [2.75, 3.05) is 78.7 Å². The monoisotopic (exact) mass is 618 g/mol. The maximum atomic E-state index is 5.21. The molecule has 266 valence electrons. The quantitative estimate of drug-likeness (QED) is 0.341. The summed E-state index contributed by atoms with van der Waals surface area (Å²) in [6.45, 7) is 48.2. The number of nitrogens with one attached hydrogen (secondary N) is 1. The second-order valence-electron chi connectivity index (χ2n) is 11.6. The molecule has 0 radical (unpaired) electrons. The van der Waals surface area contributed by atoms with Crippen LogP contribution < -0.4 is 5.32 Å². The van der Waals surface area contributed by atoms with Crippen molar-refractivity contribution in [1.29, 1.82) is 0 Å². The summed E-state index contributed by atoms with van der Waals surface area (Å²) in [6, 6.07) is 2.96. The zero-order valence-electron chi connectivity index (χ0n) is 33.0. The van der Waals surface area contributed by atoms with E-state index in [9.17, 15) is 0 Å². The molecule has 0 atom stereocenters. The summed E-state index contributed by atoms with van der Waals surface area (Å²) in [7, 11) is 0. The molecule has 1 N–H and O–H groups in total. The highest BCUT2D eigenvalue weighted by atomic mass is 16.5. The minimum atomic E-state index is 0.689. The van der Waals surface area contributed by atoms with Gasteiger partial charge in [-0.15, -0.1) is 0 Å². The van der Waals surface area contributed by atoms with Gasteiger partial charge in [0, 0.05) is 63.4 Å². The van der Waals surface area contributed by atoms with Gasteiger partial charge in [0.15, 0.2) is 0 Å². The first-order valence-corrected chi connectivity index (χ1v) is 19.0. The van der Waals surface area contributed by atoms with Gasteiger partial charge in [-0.2, -0.15) is 0 Å². The van der Waals surface area contributed by atoms with Crippen LogP contribution in [0.25, 0.3) is 0 Å². The molecule has 4 fully saturated rings. The largest absolute Gasteiger partial charge is 0.379 e. The minimum absolute atomic E-state index is 0.689. The summed E-state index contributed by atoms with van der Waals surface area (Å²) in [5.41, 5.74) is 0. The number of hydrogen-bond donors (Lipinski definition) is 1. The van der Waals surface area contributed by atoms with E-state index in [2.05, 4.69) is 80.3 Å². The molecular weight excluding hydrogens is 530 g/mol. The summed E-state index contributed by atoms with van der Waals surface area (Å²) >= 11 is 0. The number of hydrogen-bond acceptors (Lipinski definition) is 6. The van der Waals surface area contributed by atoms with Crippen LogP contribution in [0.3, 0.4) is 0 Å². The van der Waals surface area contributed by atoms with Gasteiger partial charge in [0.2, 0.25) is 0 Å². The summed E-state index contributed by atoms with van der Waals surface area (Å²) in [5.74, 6) is 0. The van der Waals surface area contributed by atoms with Crippen LogP contribution in [0, 0.1) is 0 Å². The van der Waals surface area contributed by atoms with Gasteiger partial charge in [-0.3, -0.25) is 9.80 Å². The first-order valence-electron chi connectivity index (χ1n) is 19.0. The Labute approximate surface area is 275 Å². The van der Waals surface area contributed by atoms with Crippen LogP contribution in [0.1, 0.15) is 143 Å². The molecular formula is C37H87N5O. The predicted molar refractivity (Wildman–Crippen MR) is 199 cm³/mol.